The van der Waals surface area contributed by atoms with Crippen molar-refractivity contribution in [2.75, 3.05) is 24.6 Å². The maximum Gasteiger partial charge on any atom is 0.433 e. The topological polar surface area (TPSA) is 54.5 Å². The molecule has 3 rings (SSSR count). The molecule has 8 heteroatoms. The maximum absolute atomic E-state index is 12.7. The van der Waals surface area contributed by atoms with Crippen LogP contribution in [0.1, 0.15) is 18.5 Å². The largest absolute Gasteiger partial charge is 0.433 e. The van der Waals surface area contributed by atoms with Crippen LogP contribution in [0, 0.1) is 0 Å². The van der Waals surface area contributed by atoms with E-state index in [-0.39, 0.29) is 18.5 Å². The van der Waals surface area contributed by atoms with Gasteiger partial charge < -0.3 is 15.0 Å². The number of carbonyl (C=O) groups is 1. The molecule has 0 aromatic carbocycles. The van der Waals surface area contributed by atoms with E-state index < -0.39 is 18.0 Å². The number of hydrogen-bond donors (Lipinski definition) is 1. The summed E-state index contributed by atoms with van der Waals surface area (Å²) in [5.41, 5.74) is -0.537. The van der Waals surface area contributed by atoms with Gasteiger partial charge in [-0.3, -0.25) is 9.78 Å². The number of nitrogens with one attached hydrogen (secondary N) is 1. The molecule has 22 heavy (non-hydrogen) atoms. The monoisotopic (exact) mass is 315 g/mol. The quantitative estimate of drug-likeness (QED) is 0.920. The Labute approximate surface area is 125 Å². The Bertz CT molecular complexity index is 561. The van der Waals surface area contributed by atoms with Crippen molar-refractivity contribution in [3.63, 3.8) is 0 Å². The van der Waals surface area contributed by atoms with Crippen LogP contribution in [0.2, 0.25) is 0 Å². The third kappa shape index (κ3) is 3.49. The lowest BCUT2D eigenvalue weighted by atomic mass is 10.2. The van der Waals surface area contributed by atoms with E-state index >= 15 is 0 Å². The van der Waals surface area contributed by atoms with Gasteiger partial charge in [0.2, 0.25) is 0 Å². The fourth-order valence-electron chi connectivity index (χ4n) is 2.34. The number of rotatable bonds is 3. The van der Waals surface area contributed by atoms with Gasteiger partial charge in [-0.05, 0) is 25.0 Å². The Morgan fingerprint density at radius 2 is 2.18 bits per heavy atom. The summed E-state index contributed by atoms with van der Waals surface area (Å²) in [5.74, 6) is -0.197. The van der Waals surface area contributed by atoms with Crippen molar-refractivity contribution in [2.24, 2.45) is 0 Å². The van der Waals surface area contributed by atoms with Crippen LogP contribution in [-0.4, -0.2) is 42.7 Å². The fourth-order valence-corrected chi connectivity index (χ4v) is 2.34. The van der Waals surface area contributed by atoms with Crippen LogP contribution in [-0.2, 0) is 15.7 Å². The van der Waals surface area contributed by atoms with Crippen LogP contribution in [0.15, 0.2) is 18.3 Å². The molecule has 1 unspecified atom stereocenters. The lowest BCUT2D eigenvalue weighted by Gasteiger charge is -2.34. The molecular formula is C14H16F3N3O2. The fraction of sp³-hybridized carbons (Fsp3) is 0.571. The number of morpholine rings is 1. The minimum absolute atomic E-state index is 0.197. The van der Waals surface area contributed by atoms with Gasteiger partial charge >= 0.3 is 6.18 Å². The Morgan fingerprint density at radius 3 is 2.86 bits per heavy atom. The van der Waals surface area contributed by atoms with Gasteiger partial charge in [-0.25, -0.2) is 0 Å². The average Bonchev–Trinajstić information content (AvgIpc) is 3.31. The van der Waals surface area contributed by atoms with Crippen LogP contribution in [0.5, 0.6) is 0 Å². The smallest absolute Gasteiger partial charge is 0.366 e. The third-order valence-electron chi connectivity index (χ3n) is 3.68. The molecule has 120 valence electrons. The van der Waals surface area contributed by atoms with Gasteiger partial charge in [0.1, 0.15) is 5.69 Å². The highest BCUT2D eigenvalue weighted by molar-refractivity contribution is 5.82. The summed E-state index contributed by atoms with van der Waals surface area (Å²) in [4.78, 5) is 17.1. The van der Waals surface area contributed by atoms with Gasteiger partial charge in [0.25, 0.3) is 5.91 Å². The van der Waals surface area contributed by atoms with Crippen LogP contribution in [0.25, 0.3) is 0 Å². The molecule has 1 saturated carbocycles. The summed E-state index contributed by atoms with van der Waals surface area (Å²) in [6.45, 7) is 0.973. The molecule has 1 aromatic heterocycles. The molecule has 1 aliphatic carbocycles. The SMILES string of the molecule is O=C(NC1CC1)C1CN(c2ccnc(C(F)(F)F)c2)CCO1. The molecule has 1 amide bonds. The average molecular weight is 315 g/mol. The van der Waals surface area contributed by atoms with E-state index in [1.165, 1.54) is 6.07 Å². The first-order valence-corrected chi connectivity index (χ1v) is 7.13. The maximum atomic E-state index is 12.7. The number of pyridine rings is 1. The molecule has 2 aliphatic rings. The summed E-state index contributed by atoms with van der Waals surface area (Å²) >= 11 is 0. The summed E-state index contributed by atoms with van der Waals surface area (Å²) in [6, 6.07) is 2.74. The zero-order valence-corrected chi connectivity index (χ0v) is 11.8. The highest BCUT2D eigenvalue weighted by Crippen LogP contribution is 2.30. The second-order valence-corrected chi connectivity index (χ2v) is 5.49. The van der Waals surface area contributed by atoms with Gasteiger partial charge in [0.15, 0.2) is 6.10 Å². The molecule has 0 spiro atoms. The number of ether oxygens (including phenoxy) is 1. The highest BCUT2D eigenvalue weighted by atomic mass is 19.4. The predicted molar refractivity (Wildman–Crippen MR) is 72.4 cm³/mol. The molecule has 1 saturated heterocycles. The predicted octanol–water partition coefficient (Wildman–Crippen LogP) is 1.58. The number of halogens is 3. The van der Waals surface area contributed by atoms with Crippen molar-refractivity contribution in [3.05, 3.63) is 24.0 Å². The minimum atomic E-state index is -4.48. The van der Waals surface area contributed by atoms with Crippen LogP contribution in [0.3, 0.4) is 0 Å². The zero-order valence-electron chi connectivity index (χ0n) is 11.8. The minimum Gasteiger partial charge on any atom is -0.366 e. The van der Waals surface area contributed by atoms with Gasteiger partial charge in [-0.15, -0.1) is 0 Å². The molecule has 1 atom stereocenters. The van der Waals surface area contributed by atoms with E-state index in [0.717, 1.165) is 25.1 Å². The number of hydrogen-bond acceptors (Lipinski definition) is 4. The van der Waals surface area contributed by atoms with Crippen LogP contribution < -0.4 is 10.2 Å². The molecule has 2 heterocycles. The number of amides is 1. The van der Waals surface area contributed by atoms with Gasteiger partial charge in [0, 0.05) is 24.5 Å². The normalized spacial score (nSPS) is 22.5. The molecule has 1 aromatic rings. The van der Waals surface area contributed by atoms with E-state index in [0.29, 0.717) is 18.8 Å². The van der Waals surface area contributed by atoms with Crippen molar-refractivity contribution >= 4 is 11.6 Å². The van der Waals surface area contributed by atoms with E-state index in [1.54, 1.807) is 4.90 Å². The van der Waals surface area contributed by atoms with Crippen molar-refractivity contribution in [1.29, 1.82) is 0 Å². The first-order valence-electron chi connectivity index (χ1n) is 7.13. The van der Waals surface area contributed by atoms with Crippen LogP contribution in [0.4, 0.5) is 18.9 Å². The Morgan fingerprint density at radius 1 is 1.41 bits per heavy atom. The van der Waals surface area contributed by atoms with Gasteiger partial charge in [-0.1, -0.05) is 0 Å². The van der Waals surface area contributed by atoms with E-state index in [4.69, 9.17) is 4.74 Å². The number of aromatic nitrogens is 1. The molecule has 1 aliphatic heterocycles. The van der Waals surface area contributed by atoms with Crippen LogP contribution >= 0.6 is 0 Å². The Kier molecular flexibility index (Phi) is 3.94. The summed E-state index contributed by atoms with van der Waals surface area (Å²) in [7, 11) is 0. The summed E-state index contributed by atoms with van der Waals surface area (Å²) in [6.07, 6.45) is -2.06. The molecule has 0 radical (unpaired) electrons. The molecular weight excluding hydrogens is 299 g/mol. The molecule has 5 nitrogen and oxygen atoms in total. The Hall–Kier alpha value is -1.83. The van der Waals surface area contributed by atoms with Gasteiger partial charge in [-0.2, -0.15) is 13.2 Å². The van der Waals surface area contributed by atoms with E-state index in [1.807, 2.05) is 0 Å². The molecule has 2 fully saturated rings. The first kappa shape index (κ1) is 15.1. The lowest BCUT2D eigenvalue weighted by molar-refractivity contribution is -0.141. The lowest BCUT2D eigenvalue weighted by Crippen LogP contribution is -2.50. The number of carbonyl (C=O) groups excluding carboxylic acids is 1. The molecule has 1 N–H and O–H groups in total. The number of alkyl halides is 3. The van der Waals surface area contributed by atoms with Crippen molar-refractivity contribution < 1.29 is 22.7 Å². The highest BCUT2D eigenvalue weighted by Gasteiger charge is 2.34. The second kappa shape index (κ2) is 5.75. The van der Waals surface area contributed by atoms with Crippen molar-refractivity contribution in [1.82, 2.24) is 10.3 Å². The number of anilines is 1. The van der Waals surface area contributed by atoms with Crippen molar-refractivity contribution in [3.8, 4) is 0 Å². The van der Waals surface area contributed by atoms with Crippen molar-refractivity contribution in [2.45, 2.75) is 31.2 Å². The molecule has 0 bridgehead atoms. The third-order valence-corrected chi connectivity index (χ3v) is 3.68. The standard InChI is InChI=1S/C14H16F3N3O2/c15-14(16,17)12-7-10(3-4-18-12)20-5-6-22-11(8-20)13(21)19-9-1-2-9/h3-4,7,9,11H,1-2,5-6,8H2,(H,19,21). The van der Waals surface area contributed by atoms with E-state index in [9.17, 15) is 18.0 Å². The van der Waals surface area contributed by atoms with Gasteiger partial charge in [0.05, 0.1) is 13.2 Å². The Balaban J connectivity index is 1.70. The second-order valence-electron chi connectivity index (χ2n) is 5.49. The zero-order chi connectivity index (χ0) is 15.7. The van der Waals surface area contributed by atoms with E-state index in [2.05, 4.69) is 10.3 Å². The summed E-state index contributed by atoms with van der Waals surface area (Å²) in [5, 5.41) is 2.85. The summed E-state index contributed by atoms with van der Waals surface area (Å²) < 4.78 is 43.6. The first-order chi connectivity index (χ1) is 10.4. The number of nitrogens with zero attached hydrogens (tertiary/aromatic N) is 2.